The van der Waals surface area contributed by atoms with Gasteiger partial charge in [0.15, 0.2) is 5.60 Å². The third kappa shape index (κ3) is 2.73. The molecule has 1 aliphatic heterocycles. The van der Waals surface area contributed by atoms with E-state index in [-0.39, 0.29) is 5.91 Å². The number of nitrogens with one attached hydrogen (secondary N) is 1. The molecular formula is C11H13ClN2O2S. The number of aliphatic hydroxyl groups is 1. The molecule has 4 nitrogen and oxygen atoms in total. The summed E-state index contributed by atoms with van der Waals surface area (Å²) < 4.78 is 0. The number of hydrogen-bond acceptors (Lipinski definition) is 4. The zero-order valence-corrected chi connectivity index (χ0v) is 10.9. The number of carbonyl (C=O) groups is 1. The molecule has 1 aromatic rings. The van der Waals surface area contributed by atoms with Crippen molar-refractivity contribution in [2.45, 2.75) is 18.9 Å². The molecule has 17 heavy (non-hydrogen) atoms. The third-order valence-corrected chi connectivity index (χ3v) is 4.27. The summed E-state index contributed by atoms with van der Waals surface area (Å²) in [4.78, 5) is 15.8. The molecule has 1 fully saturated rings. The molecule has 0 aromatic carbocycles. The van der Waals surface area contributed by atoms with Gasteiger partial charge in [0, 0.05) is 5.75 Å². The Labute approximate surface area is 109 Å². The molecular weight excluding hydrogens is 260 g/mol. The number of amides is 1. The summed E-state index contributed by atoms with van der Waals surface area (Å²) in [5.74, 6) is 0.881. The average Bonchev–Trinajstić information content (AvgIpc) is 2.72. The van der Waals surface area contributed by atoms with Crippen LogP contribution >= 0.6 is 23.4 Å². The van der Waals surface area contributed by atoms with Gasteiger partial charge >= 0.3 is 0 Å². The molecule has 1 saturated heterocycles. The fourth-order valence-electron chi connectivity index (χ4n) is 1.61. The number of anilines is 1. The lowest BCUT2D eigenvalue weighted by Crippen LogP contribution is -2.42. The number of halogens is 1. The van der Waals surface area contributed by atoms with Crippen LogP contribution in [0.25, 0.3) is 0 Å². The van der Waals surface area contributed by atoms with Crippen LogP contribution in [0.3, 0.4) is 0 Å². The smallest absolute Gasteiger partial charge is 0.257 e. The van der Waals surface area contributed by atoms with Crippen LogP contribution in [0.5, 0.6) is 0 Å². The van der Waals surface area contributed by atoms with E-state index < -0.39 is 5.60 Å². The Morgan fingerprint density at radius 1 is 1.71 bits per heavy atom. The Bertz CT molecular complexity index is 447. The van der Waals surface area contributed by atoms with Gasteiger partial charge in [-0.25, -0.2) is 4.98 Å². The van der Waals surface area contributed by atoms with E-state index in [0.717, 1.165) is 11.3 Å². The van der Waals surface area contributed by atoms with Gasteiger partial charge in [0.25, 0.3) is 5.91 Å². The predicted molar refractivity (Wildman–Crippen MR) is 69.5 cm³/mol. The first-order valence-electron chi connectivity index (χ1n) is 5.25. The number of rotatable bonds is 2. The van der Waals surface area contributed by atoms with Gasteiger partial charge in [-0.2, -0.15) is 11.8 Å². The van der Waals surface area contributed by atoms with Crippen LogP contribution in [-0.2, 0) is 4.79 Å². The van der Waals surface area contributed by atoms with Gasteiger partial charge in [0.2, 0.25) is 0 Å². The van der Waals surface area contributed by atoms with Crippen LogP contribution in [0.1, 0.15) is 12.0 Å². The summed E-state index contributed by atoms with van der Waals surface area (Å²) >= 11 is 7.37. The van der Waals surface area contributed by atoms with E-state index >= 15 is 0 Å². The topological polar surface area (TPSA) is 62.2 Å². The van der Waals surface area contributed by atoms with E-state index in [1.54, 1.807) is 17.8 Å². The molecule has 1 aromatic heterocycles. The number of aromatic nitrogens is 1. The Kier molecular flexibility index (Phi) is 3.61. The van der Waals surface area contributed by atoms with E-state index in [2.05, 4.69) is 10.3 Å². The van der Waals surface area contributed by atoms with E-state index in [1.165, 1.54) is 6.20 Å². The molecule has 1 unspecified atom stereocenters. The van der Waals surface area contributed by atoms with Crippen LogP contribution in [-0.4, -0.2) is 33.1 Å². The van der Waals surface area contributed by atoms with Gasteiger partial charge in [-0.05, 0) is 30.7 Å². The Hall–Kier alpha value is -0.780. The minimum absolute atomic E-state index is 0.369. The van der Waals surface area contributed by atoms with Gasteiger partial charge in [-0.15, -0.1) is 0 Å². The van der Waals surface area contributed by atoms with Gasteiger partial charge in [0.1, 0.15) is 5.15 Å². The number of carbonyl (C=O) groups excluding carboxylic acids is 1. The molecule has 1 amide bonds. The molecule has 1 atom stereocenters. The molecule has 0 bridgehead atoms. The molecule has 2 rings (SSSR count). The van der Waals surface area contributed by atoms with Crippen molar-refractivity contribution in [1.82, 2.24) is 4.98 Å². The molecule has 0 aliphatic carbocycles. The highest BCUT2D eigenvalue weighted by atomic mass is 35.5. The molecule has 1 aliphatic rings. The largest absolute Gasteiger partial charge is 0.379 e. The molecule has 2 heterocycles. The lowest BCUT2D eigenvalue weighted by Gasteiger charge is -2.20. The van der Waals surface area contributed by atoms with Crippen LogP contribution in [0.4, 0.5) is 5.69 Å². The standard InChI is InChI=1S/C11H13ClN2O2S/c1-7-4-8(5-13-9(7)12)14-10(15)11(16)2-3-17-6-11/h4-5,16H,2-3,6H2,1H3,(H,14,15). The maximum atomic E-state index is 11.9. The quantitative estimate of drug-likeness (QED) is 0.807. The first-order chi connectivity index (χ1) is 8.01. The van der Waals surface area contributed by atoms with Crippen LogP contribution in [0, 0.1) is 6.92 Å². The summed E-state index contributed by atoms with van der Waals surface area (Å²) in [7, 11) is 0. The first-order valence-corrected chi connectivity index (χ1v) is 6.78. The van der Waals surface area contributed by atoms with E-state index in [9.17, 15) is 9.90 Å². The second-order valence-electron chi connectivity index (χ2n) is 4.12. The van der Waals surface area contributed by atoms with Crippen molar-refractivity contribution >= 4 is 35.0 Å². The first kappa shape index (κ1) is 12.7. The summed E-state index contributed by atoms with van der Waals surface area (Å²) in [6.07, 6.45) is 1.97. The highest BCUT2D eigenvalue weighted by molar-refractivity contribution is 7.99. The molecule has 0 saturated carbocycles. The zero-order chi connectivity index (χ0) is 12.5. The average molecular weight is 273 g/mol. The van der Waals surface area contributed by atoms with E-state index in [4.69, 9.17) is 11.6 Å². The Balaban J connectivity index is 2.10. The van der Waals surface area contributed by atoms with Crippen LogP contribution in [0.2, 0.25) is 5.15 Å². The van der Waals surface area contributed by atoms with Gasteiger partial charge in [0.05, 0.1) is 11.9 Å². The number of hydrogen-bond donors (Lipinski definition) is 2. The second-order valence-corrected chi connectivity index (χ2v) is 5.58. The number of nitrogens with zero attached hydrogens (tertiary/aromatic N) is 1. The van der Waals surface area contributed by atoms with Gasteiger partial charge < -0.3 is 10.4 Å². The highest BCUT2D eigenvalue weighted by Crippen LogP contribution is 2.29. The molecule has 0 radical (unpaired) electrons. The predicted octanol–water partition coefficient (Wildman–Crippen LogP) is 1.85. The van der Waals surface area contributed by atoms with Crippen molar-refractivity contribution in [3.05, 3.63) is 23.0 Å². The fourth-order valence-corrected chi connectivity index (χ4v) is 2.95. The number of thioether (sulfide) groups is 1. The lowest BCUT2D eigenvalue weighted by molar-refractivity contribution is -0.131. The summed E-state index contributed by atoms with van der Waals surface area (Å²) in [6, 6.07) is 1.73. The molecule has 0 spiro atoms. The van der Waals surface area contributed by atoms with Crippen molar-refractivity contribution in [3.8, 4) is 0 Å². The monoisotopic (exact) mass is 272 g/mol. The van der Waals surface area contributed by atoms with Crippen LogP contribution < -0.4 is 5.32 Å². The lowest BCUT2D eigenvalue weighted by atomic mass is 10.0. The normalized spacial score (nSPS) is 23.7. The zero-order valence-electron chi connectivity index (χ0n) is 9.36. The van der Waals surface area contributed by atoms with Gasteiger partial charge in [-0.1, -0.05) is 11.6 Å². The maximum Gasteiger partial charge on any atom is 0.257 e. The minimum Gasteiger partial charge on any atom is -0.379 e. The Morgan fingerprint density at radius 3 is 3.06 bits per heavy atom. The molecule has 2 N–H and O–H groups in total. The van der Waals surface area contributed by atoms with Crippen LogP contribution in [0.15, 0.2) is 12.3 Å². The summed E-state index contributed by atoms with van der Waals surface area (Å²) in [5, 5.41) is 13.1. The highest BCUT2D eigenvalue weighted by Gasteiger charge is 2.39. The summed E-state index contributed by atoms with van der Waals surface area (Å²) in [6.45, 7) is 1.81. The van der Waals surface area contributed by atoms with E-state index in [0.29, 0.717) is 23.0 Å². The minimum atomic E-state index is -1.25. The summed E-state index contributed by atoms with van der Waals surface area (Å²) in [5.41, 5.74) is 0.0950. The second kappa shape index (κ2) is 4.84. The van der Waals surface area contributed by atoms with Gasteiger partial charge in [-0.3, -0.25) is 4.79 Å². The van der Waals surface area contributed by atoms with Crippen molar-refractivity contribution < 1.29 is 9.90 Å². The SMILES string of the molecule is Cc1cc(NC(=O)C2(O)CCSC2)cnc1Cl. The molecule has 92 valence electrons. The van der Waals surface area contributed by atoms with E-state index in [1.807, 2.05) is 6.92 Å². The van der Waals surface area contributed by atoms with Crippen molar-refractivity contribution in [1.29, 1.82) is 0 Å². The maximum absolute atomic E-state index is 11.9. The number of aryl methyl sites for hydroxylation is 1. The fraction of sp³-hybridized carbons (Fsp3) is 0.455. The Morgan fingerprint density at radius 2 is 2.47 bits per heavy atom. The van der Waals surface area contributed by atoms with Crippen molar-refractivity contribution in [2.75, 3.05) is 16.8 Å². The third-order valence-electron chi connectivity index (χ3n) is 2.70. The van der Waals surface area contributed by atoms with Crippen molar-refractivity contribution in [2.24, 2.45) is 0 Å². The number of pyridine rings is 1. The molecule has 6 heteroatoms. The van der Waals surface area contributed by atoms with Crippen molar-refractivity contribution in [3.63, 3.8) is 0 Å².